The highest BCUT2D eigenvalue weighted by Crippen LogP contribution is 2.21. The van der Waals surface area contributed by atoms with Crippen molar-refractivity contribution in [2.75, 3.05) is 6.61 Å². The average molecular weight is 153 g/mol. The number of hydrogen-bond donors (Lipinski definition) is 0. The minimum absolute atomic E-state index is 0.139. The van der Waals surface area contributed by atoms with Crippen LogP contribution >= 0.6 is 11.3 Å². The summed E-state index contributed by atoms with van der Waals surface area (Å²) >= 11 is 1.52. The zero-order chi connectivity index (χ0) is 7.40. The highest BCUT2D eigenvalue weighted by molar-refractivity contribution is 7.12. The summed E-state index contributed by atoms with van der Waals surface area (Å²) in [6.45, 7) is 2.13. The smallest absolute Gasteiger partial charge is 0.175 e. The molecule has 0 atom stereocenters. The van der Waals surface area contributed by atoms with Crippen molar-refractivity contribution in [2.24, 2.45) is 0 Å². The molecule has 0 spiro atoms. The molecule has 0 radical (unpaired) electrons. The highest BCUT2D eigenvalue weighted by atomic mass is 32.1. The van der Waals surface area contributed by atoms with Crippen molar-refractivity contribution in [3.05, 3.63) is 17.0 Å². The van der Waals surface area contributed by atoms with Crippen molar-refractivity contribution in [2.45, 2.75) is 6.92 Å². The van der Waals surface area contributed by atoms with Gasteiger partial charge in [0, 0.05) is 0 Å². The van der Waals surface area contributed by atoms with E-state index in [1.807, 2.05) is 24.4 Å². The molecule has 0 amide bonds. The van der Waals surface area contributed by atoms with Crippen LogP contribution in [0.2, 0.25) is 0 Å². The number of thiophene rings is 1. The van der Waals surface area contributed by atoms with Crippen LogP contribution in [-0.4, -0.2) is 6.61 Å². The second-order valence-electron chi connectivity index (χ2n) is 1.89. The monoisotopic (exact) mass is 153 g/mol. The molecule has 1 rings (SSSR count). The maximum Gasteiger partial charge on any atom is 0.175 e. The molecule has 3 heteroatoms. The first-order chi connectivity index (χ1) is 4.83. The van der Waals surface area contributed by atoms with Crippen LogP contribution in [0.3, 0.4) is 0 Å². The van der Waals surface area contributed by atoms with E-state index in [2.05, 4.69) is 0 Å². The van der Waals surface area contributed by atoms with Crippen LogP contribution in [0, 0.1) is 18.3 Å². The van der Waals surface area contributed by atoms with Crippen LogP contribution in [0.1, 0.15) is 5.56 Å². The van der Waals surface area contributed by atoms with E-state index in [0.29, 0.717) is 0 Å². The van der Waals surface area contributed by atoms with E-state index in [0.717, 1.165) is 5.06 Å². The molecule has 0 aliphatic rings. The molecule has 0 saturated heterocycles. The van der Waals surface area contributed by atoms with E-state index >= 15 is 0 Å². The summed E-state index contributed by atoms with van der Waals surface area (Å²) in [5.41, 5.74) is 1.18. The van der Waals surface area contributed by atoms with Gasteiger partial charge in [-0.15, -0.1) is 11.3 Å². The summed E-state index contributed by atoms with van der Waals surface area (Å²) < 4.78 is 5.03. The summed E-state index contributed by atoms with van der Waals surface area (Å²) in [4.78, 5) is 0. The molecule has 10 heavy (non-hydrogen) atoms. The number of hydrogen-bond acceptors (Lipinski definition) is 3. The Kier molecular flexibility index (Phi) is 2.30. The predicted molar refractivity (Wildman–Crippen MR) is 40.2 cm³/mol. The van der Waals surface area contributed by atoms with Crippen LogP contribution in [0.5, 0.6) is 5.06 Å². The largest absolute Gasteiger partial charge is 0.469 e. The number of nitrogens with zero attached hydrogens (tertiary/aromatic N) is 1. The van der Waals surface area contributed by atoms with E-state index < -0.39 is 0 Å². The lowest BCUT2D eigenvalue weighted by atomic mass is 10.4. The van der Waals surface area contributed by atoms with Crippen molar-refractivity contribution in [3.63, 3.8) is 0 Å². The lowest BCUT2D eigenvalue weighted by molar-refractivity contribution is 0.379. The van der Waals surface area contributed by atoms with Crippen LogP contribution < -0.4 is 4.74 Å². The normalized spacial score (nSPS) is 8.80. The van der Waals surface area contributed by atoms with E-state index in [-0.39, 0.29) is 6.61 Å². The first kappa shape index (κ1) is 7.10. The van der Waals surface area contributed by atoms with Crippen LogP contribution in [0.25, 0.3) is 0 Å². The molecule has 0 saturated carbocycles. The average Bonchev–Trinajstić information content (AvgIpc) is 2.31. The van der Waals surface area contributed by atoms with E-state index in [9.17, 15) is 0 Å². The molecule has 0 N–H and O–H groups in total. The summed E-state index contributed by atoms with van der Waals surface area (Å²) in [6, 6.07) is 3.83. The molecule has 1 aromatic rings. The molecule has 0 fully saturated rings. The van der Waals surface area contributed by atoms with Crippen molar-refractivity contribution < 1.29 is 4.74 Å². The zero-order valence-corrected chi connectivity index (χ0v) is 6.44. The Balaban J connectivity index is 2.52. The standard InChI is InChI=1S/C7H7NOS/c1-6-4-7(10-5-6)9-3-2-8/h4-5H,3H2,1H3. The van der Waals surface area contributed by atoms with Crippen LogP contribution in [0.15, 0.2) is 11.4 Å². The Morgan fingerprint density at radius 3 is 3.10 bits per heavy atom. The zero-order valence-electron chi connectivity index (χ0n) is 5.63. The molecule has 0 bridgehead atoms. The fourth-order valence-corrected chi connectivity index (χ4v) is 1.34. The van der Waals surface area contributed by atoms with Crippen molar-refractivity contribution in [1.82, 2.24) is 0 Å². The lowest BCUT2D eigenvalue weighted by Crippen LogP contribution is -1.89. The van der Waals surface area contributed by atoms with Crippen molar-refractivity contribution in [1.29, 1.82) is 5.26 Å². The van der Waals surface area contributed by atoms with Gasteiger partial charge in [-0.25, -0.2) is 0 Å². The van der Waals surface area contributed by atoms with Gasteiger partial charge in [-0.2, -0.15) is 5.26 Å². The number of nitriles is 1. The van der Waals surface area contributed by atoms with Gasteiger partial charge in [0.2, 0.25) is 0 Å². The third-order valence-electron chi connectivity index (χ3n) is 0.985. The molecule has 0 aliphatic carbocycles. The third kappa shape index (κ3) is 1.74. The first-order valence-corrected chi connectivity index (χ1v) is 3.76. The van der Waals surface area contributed by atoms with E-state index in [1.54, 1.807) is 0 Å². The summed E-state index contributed by atoms with van der Waals surface area (Å²) in [6.07, 6.45) is 0. The van der Waals surface area contributed by atoms with Gasteiger partial charge in [-0.05, 0) is 23.9 Å². The second-order valence-corrected chi connectivity index (χ2v) is 2.76. The molecular formula is C7H7NOS. The highest BCUT2D eigenvalue weighted by Gasteiger charge is 1.94. The quantitative estimate of drug-likeness (QED) is 0.650. The fraction of sp³-hybridized carbons (Fsp3) is 0.286. The van der Waals surface area contributed by atoms with Gasteiger partial charge in [0.15, 0.2) is 11.7 Å². The van der Waals surface area contributed by atoms with E-state index in [1.165, 1.54) is 16.9 Å². The van der Waals surface area contributed by atoms with Crippen molar-refractivity contribution in [3.8, 4) is 11.1 Å². The van der Waals surface area contributed by atoms with Gasteiger partial charge in [0.25, 0.3) is 0 Å². The molecule has 1 heterocycles. The topological polar surface area (TPSA) is 33.0 Å². The predicted octanol–water partition coefficient (Wildman–Crippen LogP) is 1.96. The van der Waals surface area contributed by atoms with Gasteiger partial charge in [-0.3, -0.25) is 0 Å². The minimum Gasteiger partial charge on any atom is -0.469 e. The number of rotatable bonds is 2. The SMILES string of the molecule is Cc1csc(OCC#N)c1. The maximum atomic E-state index is 8.16. The fourth-order valence-electron chi connectivity index (χ4n) is 0.584. The van der Waals surface area contributed by atoms with Gasteiger partial charge in [-0.1, -0.05) is 0 Å². The second kappa shape index (κ2) is 3.23. The minimum atomic E-state index is 0.139. The van der Waals surface area contributed by atoms with Gasteiger partial charge < -0.3 is 4.74 Å². The van der Waals surface area contributed by atoms with Crippen LogP contribution in [0.4, 0.5) is 0 Å². The molecular weight excluding hydrogens is 146 g/mol. The Hall–Kier alpha value is -1.01. The Labute approximate surface area is 63.7 Å². The lowest BCUT2D eigenvalue weighted by Gasteiger charge is -1.92. The van der Waals surface area contributed by atoms with E-state index in [4.69, 9.17) is 10.00 Å². The van der Waals surface area contributed by atoms with Crippen molar-refractivity contribution >= 4 is 11.3 Å². The maximum absolute atomic E-state index is 8.16. The van der Waals surface area contributed by atoms with Gasteiger partial charge >= 0.3 is 0 Å². The summed E-state index contributed by atoms with van der Waals surface area (Å²) in [5, 5.41) is 11.0. The third-order valence-corrected chi connectivity index (χ3v) is 1.94. The molecule has 0 aromatic carbocycles. The summed E-state index contributed by atoms with van der Waals surface area (Å²) in [7, 11) is 0. The molecule has 1 aromatic heterocycles. The molecule has 0 unspecified atom stereocenters. The number of ether oxygens (including phenoxy) is 1. The number of aryl methyl sites for hydroxylation is 1. The Morgan fingerprint density at radius 2 is 2.60 bits per heavy atom. The molecule has 2 nitrogen and oxygen atoms in total. The summed E-state index contributed by atoms with van der Waals surface area (Å²) in [5.74, 6) is 0. The Morgan fingerprint density at radius 1 is 1.80 bits per heavy atom. The van der Waals surface area contributed by atoms with Gasteiger partial charge in [0.05, 0.1) is 0 Å². The Bertz CT molecular complexity index is 248. The van der Waals surface area contributed by atoms with Gasteiger partial charge in [0.1, 0.15) is 6.07 Å². The molecule has 52 valence electrons. The first-order valence-electron chi connectivity index (χ1n) is 2.88. The van der Waals surface area contributed by atoms with Crippen LogP contribution in [-0.2, 0) is 0 Å². The molecule has 0 aliphatic heterocycles.